The molecule has 2 amide bonds. The Labute approximate surface area is 143 Å². The molecule has 0 aliphatic carbocycles. The molecule has 6 nitrogen and oxygen atoms in total. The summed E-state index contributed by atoms with van der Waals surface area (Å²) in [4.78, 5) is 36.0. The minimum atomic E-state index is -1.07. The second kappa shape index (κ2) is 7.19. The summed E-state index contributed by atoms with van der Waals surface area (Å²) in [6.07, 6.45) is 0.249. The number of nitrogens with zero attached hydrogens (tertiary/aromatic N) is 1. The minimum Gasteiger partial charge on any atom is -0.480 e. The zero-order valence-electron chi connectivity index (χ0n) is 12.4. The highest BCUT2D eigenvalue weighted by Crippen LogP contribution is 2.22. The Morgan fingerprint density at radius 2 is 2.04 bits per heavy atom. The van der Waals surface area contributed by atoms with Crippen LogP contribution in [0, 0.1) is 0 Å². The summed E-state index contributed by atoms with van der Waals surface area (Å²) in [6.45, 7) is 1.50. The van der Waals surface area contributed by atoms with Gasteiger partial charge < -0.3 is 15.3 Å². The van der Waals surface area contributed by atoms with Crippen LogP contribution in [-0.4, -0.2) is 46.4 Å². The van der Waals surface area contributed by atoms with Crippen molar-refractivity contribution in [3.8, 4) is 0 Å². The van der Waals surface area contributed by atoms with Crippen molar-refractivity contribution in [3.05, 3.63) is 33.8 Å². The van der Waals surface area contributed by atoms with E-state index in [4.69, 9.17) is 28.3 Å². The predicted molar refractivity (Wildman–Crippen MR) is 85.5 cm³/mol. The Balaban J connectivity index is 1.98. The monoisotopic (exact) mass is 358 g/mol. The molecule has 0 saturated carbocycles. The van der Waals surface area contributed by atoms with E-state index in [1.807, 2.05) is 0 Å². The Hall–Kier alpha value is -1.79. The second-order valence-electron chi connectivity index (χ2n) is 5.44. The van der Waals surface area contributed by atoms with Crippen molar-refractivity contribution in [2.45, 2.75) is 31.8 Å². The molecule has 2 N–H and O–H groups in total. The summed E-state index contributed by atoms with van der Waals surface area (Å²) < 4.78 is 0. The molecule has 2 rings (SSSR count). The highest BCUT2D eigenvalue weighted by atomic mass is 35.5. The van der Waals surface area contributed by atoms with Crippen LogP contribution in [0.25, 0.3) is 0 Å². The maximum Gasteiger partial charge on any atom is 0.326 e. The van der Waals surface area contributed by atoms with E-state index in [1.54, 1.807) is 18.2 Å². The Morgan fingerprint density at radius 3 is 2.57 bits per heavy atom. The number of aliphatic carboxylic acids is 1. The van der Waals surface area contributed by atoms with Gasteiger partial charge in [0, 0.05) is 36.0 Å². The van der Waals surface area contributed by atoms with Crippen LogP contribution in [0.15, 0.2) is 18.2 Å². The molecule has 23 heavy (non-hydrogen) atoms. The number of likely N-dealkylation sites (tertiary alicyclic amines) is 1. The molecule has 124 valence electrons. The maximum absolute atomic E-state index is 12.1. The molecule has 0 radical (unpaired) electrons. The zero-order valence-corrected chi connectivity index (χ0v) is 13.9. The lowest BCUT2D eigenvalue weighted by Crippen LogP contribution is -2.40. The highest BCUT2D eigenvalue weighted by molar-refractivity contribution is 6.35. The summed E-state index contributed by atoms with van der Waals surface area (Å²) in [6, 6.07) is 3.57. The van der Waals surface area contributed by atoms with Gasteiger partial charge in [0.1, 0.15) is 6.04 Å². The van der Waals surface area contributed by atoms with Gasteiger partial charge in [0.05, 0.1) is 6.42 Å². The van der Waals surface area contributed by atoms with Crippen LogP contribution in [0.5, 0.6) is 0 Å². The smallest absolute Gasteiger partial charge is 0.326 e. The third-order valence-corrected chi connectivity index (χ3v) is 4.31. The molecule has 2 atom stereocenters. The molecule has 1 aliphatic rings. The number of carboxylic acid groups (broad SMARTS) is 1. The van der Waals surface area contributed by atoms with E-state index in [-0.39, 0.29) is 31.2 Å². The SMILES string of the molecule is CC(=O)N1C[C@H](NC(=O)Cc2ccc(Cl)cc2Cl)CC1C(=O)O. The normalized spacial score (nSPS) is 20.4. The number of carbonyl (C=O) groups excluding carboxylic acids is 2. The summed E-state index contributed by atoms with van der Waals surface area (Å²) >= 11 is 11.8. The molecule has 1 saturated heterocycles. The molecule has 1 aromatic carbocycles. The van der Waals surface area contributed by atoms with Crippen molar-refractivity contribution in [2.75, 3.05) is 6.54 Å². The first kappa shape index (κ1) is 17.6. The lowest BCUT2D eigenvalue weighted by molar-refractivity contribution is -0.147. The first-order chi connectivity index (χ1) is 10.8. The van der Waals surface area contributed by atoms with Gasteiger partial charge in [-0.3, -0.25) is 9.59 Å². The van der Waals surface area contributed by atoms with Crippen LogP contribution in [0.3, 0.4) is 0 Å². The number of halogens is 2. The molecule has 1 aliphatic heterocycles. The molecule has 8 heteroatoms. The minimum absolute atomic E-state index is 0.0598. The number of nitrogens with one attached hydrogen (secondary N) is 1. The molecule has 1 aromatic rings. The van der Waals surface area contributed by atoms with Crippen molar-refractivity contribution in [3.63, 3.8) is 0 Å². The van der Waals surface area contributed by atoms with Crippen LogP contribution in [-0.2, 0) is 20.8 Å². The van der Waals surface area contributed by atoms with Gasteiger partial charge in [-0.25, -0.2) is 4.79 Å². The number of carbonyl (C=O) groups is 3. The average molecular weight is 359 g/mol. The van der Waals surface area contributed by atoms with Gasteiger partial charge in [0.15, 0.2) is 0 Å². The third kappa shape index (κ3) is 4.36. The van der Waals surface area contributed by atoms with Gasteiger partial charge in [-0.05, 0) is 17.7 Å². The lowest BCUT2D eigenvalue weighted by atomic mass is 10.1. The van der Waals surface area contributed by atoms with E-state index < -0.39 is 18.1 Å². The fourth-order valence-corrected chi connectivity index (χ4v) is 3.11. The van der Waals surface area contributed by atoms with Crippen LogP contribution in [0.4, 0.5) is 0 Å². The Bertz CT molecular complexity index is 628. The van der Waals surface area contributed by atoms with Crippen LogP contribution in [0.2, 0.25) is 10.0 Å². The third-order valence-electron chi connectivity index (χ3n) is 3.72. The number of amides is 2. The molecule has 0 bridgehead atoms. The molecular formula is C15H16Cl2N2O4. The first-order valence-electron chi connectivity index (χ1n) is 7.01. The van der Waals surface area contributed by atoms with Crippen molar-refractivity contribution in [1.82, 2.24) is 10.2 Å². The maximum atomic E-state index is 12.1. The predicted octanol–water partition coefficient (Wildman–Crippen LogP) is 1.73. The van der Waals surface area contributed by atoms with E-state index in [0.717, 1.165) is 0 Å². The molecular weight excluding hydrogens is 343 g/mol. The second-order valence-corrected chi connectivity index (χ2v) is 6.28. The summed E-state index contributed by atoms with van der Waals surface area (Å²) in [7, 11) is 0. The van der Waals surface area contributed by atoms with Gasteiger partial charge in [-0.2, -0.15) is 0 Å². The standard InChI is InChI=1S/C15H16Cl2N2O4/c1-8(20)19-7-11(6-13(19)15(22)23)18-14(21)4-9-2-3-10(16)5-12(9)17/h2-3,5,11,13H,4,6-7H2,1H3,(H,18,21)(H,22,23)/t11-,13?/m1/s1. The van der Waals surface area contributed by atoms with E-state index in [1.165, 1.54) is 11.8 Å². The number of rotatable bonds is 4. The van der Waals surface area contributed by atoms with Crippen molar-refractivity contribution in [2.24, 2.45) is 0 Å². The van der Waals surface area contributed by atoms with E-state index in [0.29, 0.717) is 15.6 Å². The molecule has 1 heterocycles. The van der Waals surface area contributed by atoms with Gasteiger partial charge >= 0.3 is 5.97 Å². The largest absolute Gasteiger partial charge is 0.480 e. The summed E-state index contributed by atoms with van der Waals surface area (Å²) in [5, 5.41) is 12.8. The summed E-state index contributed by atoms with van der Waals surface area (Å²) in [5.74, 6) is -1.68. The fraction of sp³-hybridized carbons (Fsp3) is 0.400. The van der Waals surface area contributed by atoms with Gasteiger partial charge in [0.2, 0.25) is 11.8 Å². The fourth-order valence-electron chi connectivity index (χ4n) is 2.64. The van der Waals surface area contributed by atoms with E-state index in [2.05, 4.69) is 5.32 Å². The van der Waals surface area contributed by atoms with Gasteiger partial charge in [-0.1, -0.05) is 29.3 Å². The molecule has 1 unspecified atom stereocenters. The Kier molecular flexibility index (Phi) is 5.49. The topological polar surface area (TPSA) is 86.7 Å². The van der Waals surface area contributed by atoms with Crippen molar-refractivity contribution in [1.29, 1.82) is 0 Å². The van der Waals surface area contributed by atoms with Crippen LogP contribution < -0.4 is 5.32 Å². The van der Waals surface area contributed by atoms with Crippen molar-refractivity contribution < 1.29 is 19.5 Å². The number of carboxylic acids is 1. The number of hydrogen-bond donors (Lipinski definition) is 2. The van der Waals surface area contributed by atoms with Gasteiger partial charge in [-0.15, -0.1) is 0 Å². The van der Waals surface area contributed by atoms with Crippen LogP contribution >= 0.6 is 23.2 Å². The highest BCUT2D eigenvalue weighted by Gasteiger charge is 2.38. The van der Waals surface area contributed by atoms with Crippen LogP contribution in [0.1, 0.15) is 18.9 Å². The Morgan fingerprint density at radius 1 is 1.35 bits per heavy atom. The molecule has 1 fully saturated rings. The number of hydrogen-bond acceptors (Lipinski definition) is 3. The zero-order chi connectivity index (χ0) is 17.1. The van der Waals surface area contributed by atoms with Crippen molar-refractivity contribution >= 4 is 41.0 Å². The quantitative estimate of drug-likeness (QED) is 0.857. The summed E-state index contributed by atoms with van der Waals surface area (Å²) in [5.41, 5.74) is 0.629. The lowest BCUT2D eigenvalue weighted by Gasteiger charge is -2.19. The number of benzene rings is 1. The van der Waals surface area contributed by atoms with E-state index in [9.17, 15) is 14.4 Å². The van der Waals surface area contributed by atoms with E-state index >= 15 is 0 Å². The molecule has 0 aromatic heterocycles. The van der Waals surface area contributed by atoms with Gasteiger partial charge in [0.25, 0.3) is 0 Å². The molecule has 0 spiro atoms. The first-order valence-corrected chi connectivity index (χ1v) is 7.77. The average Bonchev–Trinajstić information content (AvgIpc) is 2.86.